The molecular weight excluding hydrogens is 362 g/mol. The first-order chi connectivity index (χ1) is 13.1. The van der Waals surface area contributed by atoms with Crippen molar-refractivity contribution in [2.75, 3.05) is 18.5 Å². The van der Waals surface area contributed by atoms with E-state index in [9.17, 15) is 4.79 Å². The second-order valence-electron chi connectivity index (χ2n) is 6.20. The summed E-state index contributed by atoms with van der Waals surface area (Å²) < 4.78 is 11.1. The predicted molar refractivity (Wildman–Crippen MR) is 110 cm³/mol. The average Bonchev–Trinajstić information content (AvgIpc) is 2.69. The molecule has 0 amide bonds. The van der Waals surface area contributed by atoms with Crippen LogP contribution in [0.4, 0.5) is 5.69 Å². The van der Waals surface area contributed by atoms with Crippen molar-refractivity contribution in [1.29, 1.82) is 0 Å². The SMILES string of the molecule is CCOC(=O)c1ccc(NCC(C)Oc2ccc(Cl)c3ccccc23)cc1. The van der Waals surface area contributed by atoms with Crippen LogP contribution >= 0.6 is 11.6 Å². The number of carbonyl (C=O) groups is 1. The molecule has 0 saturated carbocycles. The number of nitrogens with one attached hydrogen (secondary N) is 1. The van der Waals surface area contributed by atoms with Crippen LogP contribution in [-0.2, 0) is 4.74 Å². The lowest BCUT2D eigenvalue weighted by Gasteiger charge is -2.18. The Kier molecular flexibility index (Phi) is 6.20. The quantitative estimate of drug-likeness (QED) is 0.543. The van der Waals surface area contributed by atoms with Crippen molar-refractivity contribution in [3.8, 4) is 5.75 Å². The van der Waals surface area contributed by atoms with Crippen molar-refractivity contribution in [1.82, 2.24) is 0 Å². The van der Waals surface area contributed by atoms with Crippen molar-refractivity contribution < 1.29 is 14.3 Å². The summed E-state index contributed by atoms with van der Waals surface area (Å²) in [5, 5.41) is 6.01. The van der Waals surface area contributed by atoms with E-state index in [2.05, 4.69) is 5.32 Å². The third-order valence-corrected chi connectivity index (χ3v) is 4.48. The smallest absolute Gasteiger partial charge is 0.338 e. The Morgan fingerprint density at radius 3 is 2.44 bits per heavy atom. The highest BCUT2D eigenvalue weighted by Gasteiger charge is 2.10. The van der Waals surface area contributed by atoms with Crippen LogP contribution in [-0.4, -0.2) is 25.2 Å². The molecule has 5 heteroatoms. The van der Waals surface area contributed by atoms with Crippen LogP contribution in [0.25, 0.3) is 10.8 Å². The molecule has 0 radical (unpaired) electrons. The van der Waals surface area contributed by atoms with Gasteiger partial charge in [-0.2, -0.15) is 0 Å². The zero-order valence-corrected chi connectivity index (χ0v) is 16.1. The van der Waals surface area contributed by atoms with E-state index >= 15 is 0 Å². The lowest BCUT2D eigenvalue weighted by Crippen LogP contribution is -2.22. The topological polar surface area (TPSA) is 47.6 Å². The lowest BCUT2D eigenvalue weighted by atomic mass is 10.1. The summed E-state index contributed by atoms with van der Waals surface area (Å²) in [4.78, 5) is 11.7. The van der Waals surface area contributed by atoms with Crippen LogP contribution in [0, 0.1) is 0 Å². The van der Waals surface area contributed by atoms with Gasteiger partial charge in [0.25, 0.3) is 0 Å². The summed E-state index contributed by atoms with van der Waals surface area (Å²) in [6.07, 6.45) is -0.0562. The van der Waals surface area contributed by atoms with Crippen molar-refractivity contribution >= 4 is 34.0 Å². The molecule has 140 valence electrons. The van der Waals surface area contributed by atoms with E-state index in [0.717, 1.165) is 22.2 Å². The molecule has 0 bridgehead atoms. The molecule has 1 N–H and O–H groups in total. The van der Waals surface area contributed by atoms with Gasteiger partial charge in [-0.3, -0.25) is 0 Å². The van der Waals surface area contributed by atoms with Gasteiger partial charge in [-0.15, -0.1) is 0 Å². The lowest BCUT2D eigenvalue weighted by molar-refractivity contribution is 0.0526. The molecule has 27 heavy (non-hydrogen) atoms. The number of carbonyl (C=O) groups excluding carboxylic acids is 1. The first-order valence-electron chi connectivity index (χ1n) is 8.93. The first-order valence-corrected chi connectivity index (χ1v) is 9.31. The number of rotatable bonds is 7. The van der Waals surface area contributed by atoms with Gasteiger partial charge in [0.2, 0.25) is 0 Å². The minimum atomic E-state index is -0.310. The number of halogens is 1. The van der Waals surface area contributed by atoms with E-state index in [-0.39, 0.29) is 12.1 Å². The third-order valence-electron chi connectivity index (χ3n) is 4.15. The Bertz CT molecular complexity index is 924. The highest BCUT2D eigenvalue weighted by molar-refractivity contribution is 6.35. The number of fused-ring (bicyclic) bond motifs is 1. The normalized spacial score (nSPS) is 11.8. The predicted octanol–water partition coefficient (Wildman–Crippen LogP) is 5.55. The van der Waals surface area contributed by atoms with E-state index < -0.39 is 0 Å². The molecule has 0 aliphatic heterocycles. The van der Waals surface area contributed by atoms with E-state index in [1.165, 1.54) is 0 Å². The fraction of sp³-hybridized carbons (Fsp3) is 0.227. The van der Waals surface area contributed by atoms with Gasteiger partial charge < -0.3 is 14.8 Å². The Morgan fingerprint density at radius 1 is 1.04 bits per heavy atom. The number of esters is 1. The maximum atomic E-state index is 11.7. The molecule has 1 unspecified atom stereocenters. The maximum absolute atomic E-state index is 11.7. The molecule has 0 fully saturated rings. The molecule has 3 aromatic rings. The zero-order valence-electron chi connectivity index (χ0n) is 15.4. The van der Waals surface area contributed by atoms with Gasteiger partial charge in [0.15, 0.2) is 0 Å². The molecule has 3 rings (SSSR count). The minimum Gasteiger partial charge on any atom is -0.488 e. The first kappa shape index (κ1) is 19.1. The van der Waals surface area contributed by atoms with E-state index in [1.807, 2.05) is 55.5 Å². The molecule has 0 aromatic heterocycles. The van der Waals surface area contributed by atoms with Gasteiger partial charge in [-0.25, -0.2) is 4.79 Å². The maximum Gasteiger partial charge on any atom is 0.338 e. The number of ether oxygens (including phenoxy) is 2. The minimum absolute atomic E-state index is 0.0562. The van der Waals surface area contributed by atoms with Gasteiger partial charge in [-0.1, -0.05) is 35.9 Å². The fourth-order valence-corrected chi connectivity index (χ4v) is 3.02. The molecule has 4 nitrogen and oxygen atoms in total. The number of anilines is 1. The van der Waals surface area contributed by atoms with Crippen LogP contribution in [0.1, 0.15) is 24.2 Å². The molecule has 0 saturated heterocycles. The highest BCUT2D eigenvalue weighted by atomic mass is 35.5. The third kappa shape index (κ3) is 4.72. The van der Waals surface area contributed by atoms with Crippen LogP contribution in [0.2, 0.25) is 5.02 Å². The zero-order chi connectivity index (χ0) is 19.2. The van der Waals surface area contributed by atoms with Crippen molar-refractivity contribution in [2.24, 2.45) is 0 Å². The summed E-state index contributed by atoms with van der Waals surface area (Å²) in [5.74, 6) is 0.498. The molecule has 0 spiro atoms. The number of benzene rings is 3. The van der Waals surface area contributed by atoms with Gasteiger partial charge in [0.05, 0.1) is 18.7 Å². The Labute approximate surface area is 164 Å². The number of hydrogen-bond acceptors (Lipinski definition) is 4. The van der Waals surface area contributed by atoms with Crippen LogP contribution < -0.4 is 10.1 Å². The summed E-state index contributed by atoms with van der Waals surface area (Å²) in [6, 6.07) is 18.9. The molecule has 0 aliphatic rings. The van der Waals surface area contributed by atoms with Gasteiger partial charge >= 0.3 is 5.97 Å². The van der Waals surface area contributed by atoms with E-state index in [4.69, 9.17) is 21.1 Å². The molecule has 0 heterocycles. The van der Waals surface area contributed by atoms with Crippen molar-refractivity contribution in [2.45, 2.75) is 20.0 Å². The fourth-order valence-electron chi connectivity index (χ4n) is 2.80. The highest BCUT2D eigenvalue weighted by Crippen LogP contribution is 2.31. The molecular formula is C22H22ClNO3. The van der Waals surface area contributed by atoms with Crippen LogP contribution in [0.5, 0.6) is 5.75 Å². The average molecular weight is 384 g/mol. The summed E-state index contributed by atoms with van der Waals surface area (Å²) in [7, 11) is 0. The largest absolute Gasteiger partial charge is 0.488 e. The second kappa shape index (κ2) is 8.78. The molecule has 1 atom stereocenters. The molecule has 3 aromatic carbocycles. The van der Waals surface area contributed by atoms with Gasteiger partial charge in [-0.05, 0) is 50.2 Å². The van der Waals surface area contributed by atoms with E-state index in [0.29, 0.717) is 23.7 Å². The standard InChI is InChI=1S/C22H22ClNO3/c1-3-26-22(25)16-8-10-17(11-9-16)24-14-15(2)27-21-13-12-20(23)18-6-4-5-7-19(18)21/h4-13,15,24H,3,14H2,1-2H3. The van der Waals surface area contributed by atoms with Crippen molar-refractivity contribution in [3.05, 3.63) is 71.2 Å². The monoisotopic (exact) mass is 383 g/mol. The van der Waals surface area contributed by atoms with Crippen LogP contribution in [0.15, 0.2) is 60.7 Å². The molecule has 0 aliphatic carbocycles. The second-order valence-corrected chi connectivity index (χ2v) is 6.61. The summed E-state index contributed by atoms with van der Waals surface area (Å²) in [6.45, 7) is 4.78. The van der Waals surface area contributed by atoms with Crippen LogP contribution in [0.3, 0.4) is 0 Å². The summed E-state index contributed by atoms with van der Waals surface area (Å²) >= 11 is 6.26. The van der Waals surface area contributed by atoms with Gasteiger partial charge in [0.1, 0.15) is 11.9 Å². The Morgan fingerprint density at radius 2 is 1.74 bits per heavy atom. The van der Waals surface area contributed by atoms with Gasteiger partial charge in [0, 0.05) is 21.5 Å². The number of hydrogen-bond donors (Lipinski definition) is 1. The van der Waals surface area contributed by atoms with Crippen molar-refractivity contribution in [3.63, 3.8) is 0 Å². The Balaban J connectivity index is 1.61. The summed E-state index contributed by atoms with van der Waals surface area (Å²) in [5.41, 5.74) is 1.46. The van der Waals surface area contributed by atoms with E-state index in [1.54, 1.807) is 19.1 Å². The Hall–Kier alpha value is -2.72.